The largest absolute Gasteiger partial charge is 0.356 e. The molecule has 1 amide bonds. The van der Waals surface area contributed by atoms with Crippen molar-refractivity contribution in [3.05, 3.63) is 30.1 Å². The molecule has 4 heteroatoms. The fraction of sp³-hybridized carbons (Fsp3) is 0.538. The standard InChI is InChI=1S/C13H19N3O/c17-13(9-12-4-2-7-15-12)16-8-5-11-3-1-6-14-10-11/h1,3,6,10,12,15H,2,4-5,7-9H2,(H,16,17). The molecule has 1 aromatic rings. The van der Waals surface area contributed by atoms with E-state index in [0.717, 1.165) is 24.9 Å². The summed E-state index contributed by atoms with van der Waals surface area (Å²) in [4.78, 5) is 15.7. The van der Waals surface area contributed by atoms with E-state index in [1.165, 1.54) is 6.42 Å². The summed E-state index contributed by atoms with van der Waals surface area (Å²) in [5.41, 5.74) is 1.16. The van der Waals surface area contributed by atoms with E-state index in [-0.39, 0.29) is 5.91 Å². The second-order valence-electron chi connectivity index (χ2n) is 4.46. The van der Waals surface area contributed by atoms with E-state index in [2.05, 4.69) is 15.6 Å². The number of rotatable bonds is 5. The molecule has 0 spiro atoms. The number of pyridine rings is 1. The average Bonchev–Trinajstić information content (AvgIpc) is 2.83. The summed E-state index contributed by atoms with van der Waals surface area (Å²) >= 11 is 0. The Labute approximate surface area is 102 Å². The number of hydrogen-bond donors (Lipinski definition) is 2. The minimum atomic E-state index is 0.147. The van der Waals surface area contributed by atoms with Gasteiger partial charge in [-0.1, -0.05) is 6.07 Å². The molecule has 92 valence electrons. The monoisotopic (exact) mass is 233 g/mol. The first-order valence-electron chi connectivity index (χ1n) is 6.23. The van der Waals surface area contributed by atoms with Gasteiger partial charge in [-0.15, -0.1) is 0 Å². The molecule has 1 saturated heterocycles. The second kappa shape index (κ2) is 6.35. The fourth-order valence-electron chi connectivity index (χ4n) is 2.12. The van der Waals surface area contributed by atoms with Crippen LogP contribution in [-0.2, 0) is 11.2 Å². The Morgan fingerprint density at radius 1 is 1.59 bits per heavy atom. The van der Waals surface area contributed by atoms with Crippen molar-refractivity contribution in [3.63, 3.8) is 0 Å². The molecular formula is C13H19N3O. The molecule has 0 radical (unpaired) electrons. The maximum absolute atomic E-state index is 11.6. The van der Waals surface area contributed by atoms with E-state index in [0.29, 0.717) is 19.0 Å². The zero-order chi connectivity index (χ0) is 11.9. The van der Waals surface area contributed by atoms with Crippen molar-refractivity contribution in [1.29, 1.82) is 0 Å². The lowest BCUT2D eigenvalue weighted by atomic mass is 10.1. The first-order chi connectivity index (χ1) is 8.34. The maximum atomic E-state index is 11.6. The molecule has 0 saturated carbocycles. The molecule has 2 N–H and O–H groups in total. The molecule has 0 bridgehead atoms. The average molecular weight is 233 g/mol. The lowest BCUT2D eigenvalue weighted by molar-refractivity contribution is -0.121. The van der Waals surface area contributed by atoms with Crippen LogP contribution in [0.2, 0.25) is 0 Å². The molecule has 0 aliphatic carbocycles. The van der Waals surface area contributed by atoms with Gasteiger partial charge in [0.1, 0.15) is 0 Å². The van der Waals surface area contributed by atoms with Crippen LogP contribution in [0, 0.1) is 0 Å². The van der Waals surface area contributed by atoms with Crippen molar-refractivity contribution in [2.24, 2.45) is 0 Å². The highest BCUT2D eigenvalue weighted by molar-refractivity contribution is 5.76. The van der Waals surface area contributed by atoms with Gasteiger partial charge in [0, 0.05) is 31.4 Å². The van der Waals surface area contributed by atoms with E-state index in [1.54, 1.807) is 6.20 Å². The van der Waals surface area contributed by atoms with Crippen molar-refractivity contribution in [2.45, 2.75) is 31.7 Å². The number of aromatic nitrogens is 1. The topological polar surface area (TPSA) is 54.0 Å². The molecule has 4 nitrogen and oxygen atoms in total. The normalized spacial score (nSPS) is 19.2. The summed E-state index contributed by atoms with van der Waals surface area (Å²) in [6, 6.07) is 4.32. The Morgan fingerprint density at radius 2 is 2.53 bits per heavy atom. The number of amides is 1. The lowest BCUT2D eigenvalue weighted by Crippen LogP contribution is -2.32. The molecule has 1 fully saturated rings. The third-order valence-corrected chi connectivity index (χ3v) is 3.05. The van der Waals surface area contributed by atoms with Crippen LogP contribution in [-0.4, -0.2) is 30.0 Å². The van der Waals surface area contributed by atoms with Gasteiger partial charge in [-0.2, -0.15) is 0 Å². The Balaban J connectivity index is 1.63. The predicted octanol–water partition coefficient (Wildman–Crippen LogP) is 0.882. The molecular weight excluding hydrogens is 214 g/mol. The van der Waals surface area contributed by atoms with Crippen LogP contribution in [0.3, 0.4) is 0 Å². The van der Waals surface area contributed by atoms with Crippen LogP contribution < -0.4 is 10.6 Å². The molecule has 1 atom stereocenters. The predicted molar refractivity (Wildman–Crippen MR) is 66.6 cm³/mol. The summed E-state index contributed by atoms with van der Waals surface area (Å²) in [5, 5.41) is 6.28. The lowest BCUT2D eigenvalue weighted by Gasteiger charge is -2.10. The molecule has 0 aromatic carbocycles. The minimum Gasteiger partial charge on any atom is -0.356 e. The molecule has 2 rings (SSSR count). The smallest absolute Gasteiger partial charge is 0.221 e. The van der Waals surface area contributed by atoms with Crippen LogP contribution in [0.1, 0.15) is 24.8 Å². The zero-order valence-electron chi connectivity index (χ0n) is 9.98. The number of carbonyl (C=O) groups is 1. The summed E-state index contributed by atoms with van der Waals surface area (Å²) in [6.07, 6.45) is 7.35. The molecule has 1 aliphatic rings. The van der Waals surface area contributed by atoms with Gasteiger partial charge >= 0.3 is 0 Å². The van der Waals surface area contributed by atoms with Crippen LogP contribution in [0.4, 0.5) is 0 Å². The highest BCUT2D eigenvalue weighted by atomic mass is 16.1. The van der Waals surface area contributed by atoms with Crippen molar-refractivity contribution in [1.82, 2.24) is 15.6 Å². The quantitative estimate of drug-likeness (QED) is 0.794. The van der Waals surface area contributed by atoms with Gasteiger partial charge in [0.25, 0.3) is 0 Å². The minimum absolute atomic E-state index is 0.147. The number of carbonyl (C=O) groups excluding carboxylic acids is 1. The first-order valence-corrected chi connectivity index (χ1v) is 6.23. The first kappa shape index (κ1) is 12.0. The van der Waals surface area contributed by atoms with Gasteiger partial charge in [0.05, 0.1) is 0 Å². The van der Waals surface area contributed by atoms with Gasteiger partial charge in [0.2, 0.25) is 5.91 Å². The van der Waals surface area contributed by atoms with Crippen molar-refractivity contribution < 1.29 is 4.79 Å². The number of nitrogens with zero attached hydrogens (tertiary/aromatic N) is 1. The summed E-state index contributed by atoms with van der Waals surface area (Å²) in [6.45, 7) is 1.74. The summed E-state index contributed by atoms with van der Waals surface area (Å²) in [7, 11) is 0. The number of hydrogen-bond acceptors (Lipinski definition) is 3. The Kier molecular flexibility index (Phi) is 4.50. The highest BCUT2D eigenvalue weighted by Gasteiger charge is 2.16. The molecule has 1 aromatic heterocycles. The SMILES string of the molecule is O=C(CC1CCCN1)NCCc1cccnc1. The second-order valence-corrected chi connectivity index (χ2v) is 4.46. The van der Waals surface area contributed by atoms with E-state index in [9.17, 15) is 4.79 Å². The van der Waals surface area contributed by atoms with Crippen LogP contribution in [0.15, 0.2) is 24.5 Å². The van der Waals surface area contributed by atoms with E-state index in [1.807, 2.05) is 18.3 Å². The zero-order valence-corrected chi connectivity index (χ0v) is 9.98. The number of nitrogens with one attached hydrogen (secondary N) is 2. The Morgan fingerprint density at radius 3 is 3.24 bits per heavy atom. The van der Waals surface area contributed by atoms with Crippen LogP contribution in [0.5, 0.6) is 0 Å². The highest BCUT2D eigenvalue weighted by Crippen LogP contribution is 2.08. The molecule has 17 heavy (non-hydrogen) atoms. The summed E-state index contributed by atoms with van der Waals surface area (Å²) < 4.78 is 0. The molecule has 1 unspecified atom stereocenters. The van der Waals surface area contributed by atoms with Gasteiger partial charge in [0.15, 0.2) is 0 Å². The van der Waals surface area contributed by atoms with E-state index >= 15 is 0 Å². The third-order valence-electron chi connectivity index (χ3n) is 3.05. The van der Waals surface area contributed by atoms with E-state index < -0.39 is 0 Å². The van der Waals surface area contributed by atoms with Gasteiger partial charge < -0.3 is 10.6 Å². The summed E-state index contributed by atoms with van der Waals surface area (Å²) in [5.74, 6) is 0.147. The van der Waals surface area contributed by atoms with Crippen LogP contribution >= 0.6 is 0 Å². The molecule has 2 heterocycles. The maximum Gasteiger partial charge on any atom is 0.221 e. The Bertz CT molecular complexity index is 347. The van der Waals surface area contributed by atoms with Crippen molar-refractivity contribution >= 4 is 5.91 Å². The van der Waals surface area contributed by atoms with Gasteiger partial charge in [-0.3, -0.25) is 9.78 Å². The van der Waals surface area contributed by atoms with Gasteiger partial charge in [-0.25, -0.2) is 0 Å². The fourth-order valence-corrected chi connectivity index (χ4v) is 2.12. The Hall–Kier alpha value is -1.42. The molecule has 1 aliphatic heterocycles. The third kappa shape index (κ3) is 4.15. The van der Waals surface area contributed by atoms with Crippen LogP contribution in [0.25, 0.3) is 0 Å². The van der Waals surface area contributed by atoms with Crippen molar-refractivity contribution in [2.75, 3.05) is 13.1 Å². The van der Waals surface area contributed by atoms with Crippen molar-refractivity contribution in [3.8, 4) is 0 Å². The van der Waals surface area contributed by atoms with E-state index in [4.69, 9.17) is 0 Å². The van der Waals surface area contributed by atoms with Gasteiger partial charge in [-0.05, 0) is 37.4 Å².